The van der Waals surface area contributed by atoms with Gasteiger partial charge in [-0.1, -0.05) is 17.7 Å². The summed E-state index contributed by atoms with van der Waals surface area (Å²) in [5.41, 5.74) is 5.17. The molecule has 2 aliphatic heterocycles. The van der Waals surface area contributed by atoms with Crippen LogP contribution < -0.4 is 10.2 Å². The Morgan fingerprint density at radius 2 is 1.96 bits per heavy atom. The molecule has 2 amide bonds. The van der Waals surface area contributed by atoms with Gasteiger partial charge in [-0.2, -0.15) is 0 Å². The molecule has 2 heterocycles. The van der Waals surface area contributed by atoms with E-state index >= 15 is 0 Å². The lowest BCUT2D eigenvalue weighted by Gasteiger charge is -2.47. The van der Waals surface area contributed by atoms with Crippen molar-refractivity contribution in [2.45, 2.75) is 46.2 Å². The number of aryl methyl sites for hydroxylation is 2. The first kappa shape index (κ1) is 18.5. The monoisotopic (exact) mass is 377 g/mol. The first-order valence-corrected chi connectivity index (χ1v) is 10.1. The van der Waals surface area contributed by atoms with Crippen LogP contribution in [-0.4, -0.2) is 36.0 Å². The van der Waals surface area contributed by atoms with Gasteiger partial charge in [0.05, 0.1) is 11.3 Å². The molecule has 0 bridgehead atoms. The summed E-state index contributed by atoms with van der Waals surface area (Å²) in [4.78, 5) is 30.1. The summed E-state index contributed by atoms with van der Waals surface area (Å²) >= 11 is 0. The SMILES string of the molecule is CCN1c2cc(C(=O)Nc3ccc(C)cc3C)ccc2C(=O)N2CCCCC21. The number of amides is 2. The number of hydrogen-bond donors (Lipinski definition) is 1. The van der Waals surface area contributed by atoms with E-state index in [0.717, 1.165) is 49.3 Å². The van der Waals surface area contributed by atoms with Gasteiger partial charge in [-0.25, -0.2) is 0 Å². The highest BCUT2D eigenvalue weighted by atomic mass is 16.2. The second-order valence-corrected chi connectivity index (χ2v) is 7.77. The third kappa shape index (κ3) is 3.15. The maximum absolute atomic E-state index is 13.0. The predicted octanol–water partition coefficient (Wildman–Crippen LogP) is 4.35. The average Bonchev–Trinajstić information content (AvgIpc) is 2.70. The first-order valence-electron chi connectivity index (χ1n) is 10.1. The van der Waals surface area contributed by atoms with E-state index in [4.69, 9.17) is 0 Å². The van der Waals surface area contributed by atoms with Crippen molar-refractivity contribution in [3.8, 4) is 0 Å². The molecule has 1 atom stereocenters. The minimum absolute atomic E-state index is 0.0886. The summed E-state index contributed by atoms with van der Waals surface area (Å²) in [6.07, 6.45) is 3.29. The van der Waals surface area contributed by atoms with Crippen LogP contribution >= 0.6 is 0 Å². The van der Waals surface area contributed by atoms with E-state index in [1.54, 1.807) is 6.07 Å². The molecule has 5 heteroatoms. The van der Waals surface area contributed by atoms with Gasteiger partial charge in [-0.05, 0) is 69.9 Å². The minimum atomic E-state index is -0.149. The van der Waals surface area contributed by atoms with Crippen LogP contribution in [0.1, 0.15) is 58.0 Å². The van der Waals surface area contributed by atoms with Gasteiger partial charge < -0.3 is 15.1 Å². The quantitative estimate of drug-likeness (QED) is 0.865. The molecule has 4 rings (SSSR count). The smallest absolute Gasteiger partial charge is 0.257 e. The van der Waals surface area contributed by atoms with Crippen LogP contribution in [0.15, 0.2) is 36.4 Å². The van der Waals surface area contributed by atoms with Crippen molar-refractivity contribution in [1.29, 1.82) is 0 Å². The number of fused-ring (bicyclic) bond motifs is 2. The Balaban J connectivity index is 1.66. The lowest BCUT2D eigenvalue weighted by molar-refractivity contribution is 0.0582. The fourth-order valence-electron chi connectivity index (χ4n) is 4.41. The zero-order valence-corrected chi connectivity index (χ0v) is 16.8. The molecule has 0 spiro atoms. The van der Waals surface area contributed by atoms with Gasteiger partial charge >= 0.3 is 0 Å². The van der Waals surface area contributed by atoms with E-state index < -0.39 is 0 Å². The van der Waals surface area contributed by atoms with Gasteiger partial charge in [0.2, 0.25) is 0 Å². The van der Waals surface area contributed by atoms with Gasteiger partial charge in [-0.3, -0.25) is 9.59 Å². The summed E-state index contributed by atoms with van der Waals surface area (Å²) in [5, 5.41) is 3.01. The second kappa shape index (κ2) is 7.30. The maximum Gasteiger partial charge on any atom is 0.257 e. The van der Waals surface area contributed by atoms with Crippen LogP contribution in [0.3, 0.4) is 0 Å². The molecule has 5 nitrogen and oxygen atoms in total. The molecular weight excluding hydrogens is 350 g/mol. The Bertz CT molecular complexity index is 937. The lowest BCUT2D eigenvalue weighted by Crippen LogP contribution is -2.57. The molecule has 1 fully saturated rings. The number of carbonyl (C=O) groups excluding carboxylic acids is 2. The number of hydrogen-bond acceptors (Lipinski definition) is 3. The van der Waals surface area contributed by atoms with E-state index in [9.17, 15) is 9.59 Å². The van der Waals surface area contributed by atoms with Crippen molar-refractivity contribution in [1.82, 2.24) is 4.90 Å². The van der Waals surface area contributed by atoms with Gasteiger partial charge in [0.15, 0.2) is 0 Å². The Labute approximate surface area is 166 Å². The molecule has 0 aliphatic carbocycles. The summed E-state index contributed by atoms with van der Waals surface area (Å²) in [6, 6.07) is 11.4. The van der Waals surface area contributed by atoms with E-state index in [-0.39, 0.29) is 18.0 Å². The molecule has 1 saturated heterocycles. The van der Waals surface area contributed by atoms with Gasteiger partial charge in [0, 0.05) is 24.3 Å². The summed E-state index contributed by atoms with van der Waals surface area (Å²) in [7, 11) is 0. The highest BCUT2D eigenvalue weighted by Gasteiger charge is 2.38. The molecule has 2 aromatic carbocycles. The van der Waals surface area contributed by atoms with Crippen molar-refractivity contribution in [3.05, 3.63) is 58.7 Å². The third-order valence-electron chi connectivity index (χ3n) is 5.86. The molecule has 0 aromatic heterocycles. The van der Waals surface area contributed by atoms with Gasteiger partial charge in [-0.15, -0.1) is 0 Å². The highest BCUT2D eigenvalue weighted by Crippen LogP contribution is 2.35. The number of nitrogens with one attached hydrogen (secondary N) is 1. The van der Waals surface area contributed by atoms with Crippen LogP contribution in [0.2, 0.25) is 0 Å². The van der Waals surface area contributed by atoms with Crippen LogP contribution in [0.25, 0.3) is 0 Å². The Kier molecular flexibility index (Phi) is 4.84. The predicted molar refractivity (Wildman–Crippen MR) is 112 cm³/mol. The number of benzene rings is 2. The molecule has 28 heavy (non-hydrogen) atoms. The molecular formula is C23H27N3O2. The van der Waals surface area contributed by atoms with Crippen molar-refractivity contribution < 1.29 is 9.59 Å². The zero-order chi connectivity index (χ0) is 19.8. The number of nitrogens with zero attached hydrogens (tertiary/aromatic N) is 2. The van der Waals surface area contributed by atoms with Crippen molar-refractivity contribution in [3.63, 3.8) is 0 Å². The number of piperidine rings is 1. The van der Waals surface area contributed by atoms with E-state index in [1.807, 2.05) is 43.0 Å². The van der Waals surface area contributed by atoms with Crippen molar-refractivity contribution >= 4 is 23.2 Å². The Morgan fingerprint density at radius 3 is 2.71 bits per heavy atom. The summed E-state index contributed by atoms with van der Waals surface area (Å²) < 4.78 is 0. The molecule has 0 radical (unpaired) electrons. The number of rotatable bonds is 3. The number of anilines is 2. The molecule has 1 unspecified atom stereocenters. The Hall–Kier alpha value is -2.82. The molecule has 2 aromatic rings. The molecule has 1 N–H and O–H groups in total. The molecule has 2 aliphatic rings. The second-order valence-electron chi connectivity index (χ2n) is 7.77. The van der Waals surface area contributed by atoms with E-state index in [0.29, 0.717) is 11.1 Å². The first-order chi connectivity index (χ1) is 13.5. The fraction of sp³-hybridized carbons (Fsp3) is 0.391. The van der Waals surface area contributed by atoms with Crippen LogP contribution in [0.4, 0.5) is 11.4 Å². The van der Waals surface area contributed by atoms with Crippen molar-refractivity contribution in [2.24, 2.45) is 0 Å². The zero-order valence-electron chi connectivity index (χ0n) is 16.8. The normalized spacial score (nSPS) is 18.5. The Morgan fingerprint density at radius 1 is 1.14 bits per heavy atom. The summed E-state index contributed by atoms with van der Waals surface area (Å²) in [6.45, 7) is 7.75. The highest BCUT2D eigenvalue weighted by molar-refractivity contribution is 6.08. The topological polar surface area (TPSA) is 52.7 Å². The largest absolute Gasteiger partial charge is 0.351 e. The van der Waals surface area contributed by atoms with Gasteiger partial charge in [0.25, 0.3) is 11.8 Å². The van der Waals surface area contributed by atoms with Crippen LogP contribution in [-0.2, 0) is 0 Å². The summed E-state index contributed by atoms with van der Waals surface area (Å²) in [5.74, 6) is -0.0601. The maximum atomic E-state index is 13.0. The molecule has 0 saturated carbocycles. The van der Waals surface area contributed by atoms with Gasteiger partial charge in [0.1, 0.15) is 6.17 Å². The van der Waals surface area contributed by atoms with E-state index in [2.05, 4.69) is 23.2 Å². The third-order valence-corrected chi connectivity index (χ3v) is 5.86. The molecule has 146 valence electrons. The minimum Gasteiger partial charge on any atom is -0.351 e. The van der Waals surface area contributed by atoms with Crippen LogP contribution in [0, 0.1) is 13.8 Å². The standard InChI is InChI=1S/C23H27N3O2/c1-4-25-20-14-17(22(27)24-19-11-8-15(2)13-16(19)3)9-10-18(20)23(28)26-12-6-5-7-21(25)26/h8-11,13-14,21H,4-7,12H2,1-3H3,(H,24,27). The van der Waals surface area contributed by atoms with Crippen LogP contribution in [0.5, 0.6) is 0 Å². The fourth-order valence-corrected chi connectivity index (χ4v) is 4.41. The number of carbonyl (C=O) groups is 2. The average molecular weight is 377 g/mol. The van der Waals surface area contributed by atoms with E-state index in [1.165, 1.54) is 5.56 Å². The van der Waals surface area contributed by atoms with Crippen molar-refractivity contribution in [2.75, 3.05) is 23.3 Å². The lowest BCUT2D eigenvalue weighted by atomic mass is 9.97.